The smallest absolute Gasteiger partial charge is 0.254 e. The number of nitrogens with two attached hydrogens (primary N) is 1. The SMILES string of the molecule is Cc1cc(C(=O)N(C)CC2CNCCO2)c(C=O)cc1N. The van der Waals surface area contributed by atoms with Crippen LogP contribution in [0.1, 0.15) is 26.3 Å². The molecule has 1 aromatic rings. The molecule has 21 heavy (non-hydrogen) atoms. The number of rotatable bonds is 4. The maximum Gasteiger partial charge on any atom is 0.254 e. The van der Waals surface area contributed by atoms with Gasteiger partial charge < -0.3 is 20.7 Å². The highest BCUT2D eigenvalue weighted by molar-refractivity contribution is 6.02. The number of nitrogens with zero attached hydrogens (tertiary/aromatic N) is 1. The molecule has 1 heterocycles. The summed E-state index contributed by atoms with van der Waals surface area (Å²) in [6, 6.07) is 3.21. The highest BCUT2D eigenvalue weighted by Gasteiger charge is 2.21. The van der Waals surface area contributed by atoms with Gasteiger partial charge in [-0.3, -0.25) is 9.59 Å². The Hall–Kier alpha value is -1.92. The molecule has 2 rings (SSSR count). The van der Waals surface area contributed by atoms with E-state index in [2.05, 4.69) is 5.32 Å². The van der Waals surface area contributed by atoms with Crippen molar-refractivity contribution in [3.63, 3.8) is 0 Å². The maximum atomic E-state index is 12.5. The first-order valence-electron chi connectivity index (χ1n) is 6.96. The molecular weight excluding hydrogens is 270 g/mol. The minimum atomic E-state index is -0.200. The summed E-state index contributed by atoms with van der Waals surface area (Å²) in [6.07, 6.45) is 0.637. The van der Waals surface area contributed by atoms with E-state index in [-0.39, 0.29) is 12.0 Å². The van der Waals surface area contributed by atoms with Gasteiger partial charge in [-0.2, -0.15) is 0 Å². The van der Waals surface area contributed by atoms with Crippen molar-refractivity contribution in [3.8, 4) is 0 Å². The van der Waals surface area contributed by atoms with E-state index >= 15 is 0 Å². The van der Waals surface area contributed by atoms with Gasteiger partial charge in [0.15, 0.2) is 6.29 Å². The molecule has 0 aliphatic carbocycles. The first-order chi connectivity index (χ1) is 10.0. The van der Waals surface area contributed by atoms with Crippen molar-refractivity contribution in [3.05, 3.63) is 28.8 Å². The third-order valence-corrected chi connectivity index (χ3v) is 3.62. The van der Waals surface area contributed by atoms with Gasteiger partial charge in [0.25, 0.3) is 5.91 Å². The molecule has 1 aliphatic heterocycles. The van der Waals surface area contributed by atoms with Gasteiger partial charge in [0.1, 0.15) is 0 Å². The summed E-state index contributed by atoms with van der Waals surface area (Å²) in [5, 5.41) is 3.22. The quantitative estimate of drug-likeness (QED) is 0.621. The molecule has 1 amide bonds. The fourth-order valence-electron chi connectivity index (χ4n) is 2.36. The van der Waals surface area contributed by atoms with Crippen molar-refractivity contribution in [2.45, 2.75) is 13.0 Å². The number of ether oxygens (including phenoxy) is 1. The average molecular weight is 291 g/mol. The number of carbonyl (C=O) groups excluding carboxylic acids is 2. The molecule has 0 aromatic heterocycles. The second-order valence-corrected chi connectivity index (χ2v) is 5.30. The van der Waals surface area contributed by atoms with Crippen LogP contribution in [0.2, 0.25) is 0 Å². The average Bonchev–Trinajstić information content (AvgIpc) is 2.49. The van der Waals surface area contributed by atoms with Crippen LogP contribution in [0.25, 0.3) is 0 Å². The Morgan fingerprint density at radius 1 is 1.57 bits per heavy atom. The summed E-state index contributed by atoms with van der Waals surface area (Å²) in [5.41, 5.74) is 7.77. The van der Waals surface area contributed by atoms with Crippen molar-refractivity contribution in [2.24, 2.45) is 0 Å². The minimum absolute atomic E-state index is 0.0257. The van der Waals surface area contributed by atoms with Gasteiger partial charge in [0, 0.05) is 37.9 Å². The van der Waals surface area contributed by atoms with Gasteiger partial charge in [-0.05, 0) is 24.6 Å². The predicted molar refractivity (Wildman–Crippen MR) is 80.5 cm³/mol. The van der Waals surface area contributed by atoms with Crippen molar-refractivity contribution >= 4 is 17.9 Å². The van der Waals surface area contributed by atoms with Crippen molar-refractivity contribution < 1.29 is 14.3 Å². The van der Waals surface area contributed by atoms with Crippen molar-refractivity contribution in [1.82, 2.24) is 10.2 Å². The molecule has 1 atom stereocenters. The van der Waals surface area contributed by atoms with Gasteiger partial charge in [0.05, 0.1) is 18.3 Å². The fraction of sp³-hybridized carbons (Fsp3) is 0.467. The highest BCUT2D eigenvalue weighted by Crippen LogP contribution is 2.19. The van der Waals surface area contributed by atoms with Gasteiger partial charge in [-0.25, -0.2) is 0 Å². The summed E-state index contributed by atoms with van der Waals surface area (Å²) in [4.78, 5) is 25.2. The summed E-state index contributed by atoms with van der Waals surface area (Å²) >= 11 is 0. The number of aryl methyl sites for hydroxylation is 1. The number of anilines is 1. The zero-order valence-corrected chi connectivity index (χ0v) is 12.4. The van der Waals surface area contributed by atoms with Crippen LogP contribution in [-0.2, 0) is 4.74 Å². The highest BCUT2D eigenvalue weighted by atomic mass is 16.5. The number of morpholine rings is 1. The Morgan fingerprint density at radius 2 is 2.33 bits per heavy atom. The lowest BCUT2D eigenvalue weighted by Crippen LogP contribution is -2.45. The largest absolute Gasteiger partial charge is 0.398 e. The number of benzene rings is 1. The summed E-state index contributed by atoms with van der Waals surface area (Å²) in [7, 11) is 1.71. The lowest BCUT2D eigenvalue weighted by molar-refractivity contribution is 0.0103. The predicted octanol–water partition coefficient (Wildman–Crippen LogP) is 0.450. The summed E-state index contributed by atoms with van der Waals surface area (Å²) in [5.74, 6) is -0.200. The van der Waals surface area contributed by atoms with E-state index in [1.807, 2.05) is 6.92 Å². The summed E-state index contributed by atoms with van der Waals surface area (Å²) < 4.78 is 5.59. The molecule has 0 saturated carbocycles. The molecular formula is C15H21N3O3. The van der Waals surface area contributed by atoms with Gasteiger partial charge in [-0.1, -0.05) is 0 Å². The third-order valence-electron chi connectivity index (χ3n) is 3.62. The van der Waals surface area contributed by atoms with E-state index in [0.717, 1.165) is 18.7 Å². The molecule has 6 nitrogen and oxygen atoms in total. The Kier molecular flexibility index (Phi) is 4.93. The molecule has 3 N–H and O–H groups in total. The van der Waals surface area contributed by atoms with Crippen LogP contribution < -0.4 is 11.1 Å². The number of hydrogen-bond donors (Lipinski definition) is 2. The van der Waals surface area contributed by atoms with Crippen LogP contribution >= 0.6 is 0 Å². The van der Waals surface area contributed by atoms with Gasteiger partial charge in [-0.15, -0.1) is 0 Å². The number of carbonyl (C=O) groups is 2. The van der Waals surface area contributed by atoms with Crippen LogP contribution in [0.3, 0.4) is 0 Å². The van der Waals surface area contributed by atoms with E-state index in [9.17, 15) is 9.59 Å². The van der Waals surface area contributed by atoms with E-state index in [1.54, 1.807) is 24.1 Å². The van der Waals surface area contributed by atoms with Crippen LogP contribution in [0.4, 0.5) is 5.69 Å². The van der Waals surface area contributed by atoms with Gasteiger partial charge >= 0.3 is 0 Å². The van der Waals surface area contributed by atoms with Crippen molar-refractivity contribution in [1.29, 1.82) is 0 Å². The normalized spacial score (nSPS) is 18.3. The summed E-state index contributed by atoms with van der Waals surface area (Å²) in [6.45, 7) is 4.50. The van der Waals surface area contributed by atoms with Crippen molar-refractivity contribution in [2.75, 3.05) is 39.0 Å². The second kappa shape index (κ2) is 6.69. The molecule has 1 aromatic carbocycles. The topological polar surface area (TPSA) is 84.7 Å². The van der Waals surface area contributed by atoms with E-state index < -0.39 is 0 Å². The first-order valence-corrected chi connectivity index (χ1v) is 6.96. The van der Waals surface area contributed by atoms with Gasteiger partial charge in [0.2, 0.25) is 0 Å². The van der Waals surface area contributed by atoms with Crippen LogP contribution in [0.15, 0.2) is 12.1 Å². The van der Waals surface area contributed by atoms with Crippen LogP contribution in [0.5, 0.6) is 0 Å². The minimum Gasteiger partial charge on any atom is -0.398 e. The Bertz CT molecular complexity index is 539. The molecule has 1 aliphatic rings. The number of hydrogen-bond acceptors (Lipinski definition) is 5. The molecule has 0 spiro atoms. The first kappa shape index (κ1) is 15.5. The number of nitrogen functional groups attached to an aromatic ring is 1. The standard InChI is InChI=1S/C15H21N3O3/c1-10-5-13(11(9-19)6-14(10)16)15(20)18(2)8-12-7-17-3-4-21-12/h5-6,9,12,17H,3-4,7-8,16H2,1-2H3. The molecule has 6 heteroatoms. The van der Waals surface area contributed by atoms with E-state index in [4.69, 9.17) is 10.5 Å². The molecule has 0 bridgehead atoms. The van der Waals surface area contributed by atoms with E-state index in [0.29, 0.717) is 36.3 Å². The van der Waals surface area contributed by atoms with Crippen LogP contribution in [0, 0.1) is 6.92 Å². The maximum absolute atomic E-state index is 12.5. The molecule has 1 saturated heterocycles. The number of nitrogens with one attached hydrogen (secondary N) is 1. The van der Waals surface area contributed by atoms with E-state index in [1.165, 1.54) is 0 Å². The number of amides is 1. The van der Waals surface area contributed by atoms with Crippen LogP contribution in [-0.4, -0.2) is 56.5 Å². The monoisotopic (exact) mass is 291 g/mol. The lowest BCUT2D eigenvalue weighted by atomic mass is 10.0. The lowest BCUT2D eigenvalue weighted by Gasteiger charge is -2.28. The molecule has 0 radical (unpaired) electrons. The Morgan fingerprint density at radius 3 is 2.95 bits per heavy atom. The molecule has 1 fully saturated rings. The fourth-order valence-corrected chi connectivity index (χ4v) is 2.36. The zero-order chi connectivity index (χ0) is 15.4. The Balaban J connectivity index is 2.14. The third kappa shape index (κ3) is 3.59. The number of likely N-dealkylation sites (N-methyl/N-ethyl adjacent to an activating group) is 1. The zero-order valence-electron chi connectivity index (χ0n) is 12.4. The second-order valence-electron chi connectivity index (χ2n) is 5.30. The Labute approximate surface area is 124 Å². The number of aldehydes is 1. The molecule has 114 valence electrons. The molecule has 1 unspecified atom stereocenters.